The van der Waals surface area contributed by atoms with Crippen LogP contribution in [0, 0.1) is 0 Å². The van der Waals surface area contributed by atoms with Crippen LogP contribution in [-0.4, -0.2) is 29.1 Å². The molecule has 4 rings (SSSR count). The van der Waals surface area contributed by atoms with Gasteiger partial charge in [-0.2, -0.15) is 4.98 Å². The molecule has 0 radical (unpaired) electrons. The fraction of sp³-hybridized carbons (Fsp3) is 0.130. The first-order valence-corrected chi connectivity index (χ1v) is 9.82. The van der Waals surface area contributed by atoms with E-state index in [-0.39, 0.29) is 24.0 Å². The second kappa shape index (κ2) is 9.61. The lowest BCUT2D eigenvalue weighted by Gasteiger charge is -2.08. The van der Waals surface area contributed by atoms with Gasteiger partial charge in [0.25, 0.3) is 5.91 Å². The number of methoxy groups -OCH3 is 1. The molecule has 0 unspecified atom stereocenters. The highest BCUT2D eigenvalue weighted by atomic mass is 16.5. The number of nitrogens with zero attached hydrogens (tertiary/aromatic N) is 2. The molecule has 2 aromatic heterocycles. The minimum Gasteiger partial charge on any atom is -0.497 e. The van der Waals surface area contributed by atoms with E-state index >= 15 is 0 Å². The monoisotopic (exact) mass is 432 g/mol. The van der Waals surface area contributed by atoms with E-state index in [2.05, 4.69) is 20.8 Å². The summed E-state index contributed by atoms with van der Waals surface area (Å²) in [5, 5.41) is 9.47. The third-order valence-corrected chi connectivity index (χ3v) is 4.53. The Labute approximate surface area is 183 Å². The first-order chi connectivity index (χ1) is 15.6. The van der Waals surface area contributed by atoms with E-state index in [1.165, 1.54) is 6.26 Å². The summed E-state index contributed by atoms with van der Waals surface area (Å²) >= 11 is 0. The van der Waals surface area contributed by atoms with Crippen LogP contribution in [-0.2, 0) is 11.2 Å². The molecule has 2 N–H and O–H groups in total. The van der Waals surface area contributed by atoms with Gasteiger partial charge in [0.1, 0.15) is 5.75 Å². The molecule has 0 aliphatic rings. The number of furan rings is 1. The molecule has 2 heterocycles. The van der Waals surface area contributed by atoms with Gasteiger partial charge in [-0.05, 0) is 54.6 Å². The van der Waals surface area contributed by atoms with Gasteiger partial charge in [0, 0.05) is 29.8 Å². The zero-order valence-electron chi connectivity index (χ0n) is 17.2. The average Bonchev–Trinajstić information content (AvgIpc) is 3.51. The van der Waals surface area contributed by atoms with Crippen LogP contribution in [0.2, 0.25) is 0 Å². The molecule has 0 aliphatic heterocycles. The maximum atomic E-state index is 12.3. The molecule has 9 heteroatoms. The van der Waals surface area contributed by atoms with Crippen molar-refractivity contribution in [2.24, 2.45) is 0 Å². The molecule has 9 nitrogen and oxygen atoms in total. The number of aromatic nitrogens is 2. The highest BCUT2D eigenvalue weighted by Crippen LogP contribution is 2.20. The van der Waals surface area contributed by atoms with E-state index in [0.717, 1.165) is 11.3 Å². The second-order valence-electron chi connectivity index (χ2n) is 6.80. The van der Waals surface area contributed by atoms with Crippen molar-refractivity contribution in [2.75, 3.05) is 17.7 Å². The van der Waals surface area contributed by atoms with Gasteiger partial charge in [0.2, 0.25) is 17.6 Å². The van der Waals surface area contributed by atoms with Crippen LogP contribution in [0.15, 0.2) is 75.9 Å². The summed E-state index contributed by atoms with van der Waals surface area (Å²) in [6.07, 6.45) is 1.88. The summed E-state index contributed by atoms with van der Waals surface area (Å²) in [7, 11) is 1.60. The van der Waals surface area contributed by atoms with Gasteiger partial charge in [0.05, 0.1) is 13.4 Å². The van der Waals surface area contributed by atoms with Gasteiger partial charge in [-0.3, -0.25) is 9.59 Å². The average molecular weight is 432 g/mol. The molecule has 0 bridgehead atoms. The summed E-state index contributed by atoms with van der Waals surface area (Å²) < 4.78 is 15.4. The van der Waals surface area contributed by atoms with Gasteiger partial charge in [0.15, 0.2) is 5.76 Å². The zero-order valence-corrected chi connectivity index (χ0v) is 17.2. The van der Waals surface area contributed by atoms with Gasteiger partial charge in [-0.15, -0.1) is 0 Å². The minimum absolute atomic E-state index is 0.160. The van der Waals surface area contributed by atoms with Crippen LogP contribution in [0.3, 0.4) is 0 Å². The molecular formula is C23H20N4O5. The molecule has 162 valence electrons. The largest absolute Gasteiger partial charge is 0.497 e. The van der Waals surface area contributed by atoms with Crippen LogP contribution in [0.4, 0.5) is 11.4 Å². The highest BCUT2D eigenvalue weighted by molar-refractivity contribution is 6.02. The number of hydrogen-bond donors (Lipinski definition) is 2. The first kappa shape index (κ1) is 20.9. The Balaban J connectivity index is 1.30. The summed E-state index contributed by atoms with van der Waals surface area (Å²) in [4.78, 5) is 28.8. The molecule has 0 spiro atoms. The third-order valence-electron chi connectivity index (χ3n) is 4.53. The van der Waals surface area contributed by atoms with Crippen LogP contribution in [0.1, 0.15) is 22.9 Å². The zero-order chi connectivity index (χ0) is 22.3. The Kier molecular flexibility index (Phi) is 6.26. The number of anilines is 2. The highest BCUT2D eigenvalue weighted by Gasteiger charge is 2.12. The standard InChI is InChI=1S/C23H20N4O5/c1-30-18-9-7-15(8-10-18)22-26-21(32-27-22)12-11-20(28)24-16-4-2-5-17(14-16)25-23(29)19-6-3-13-31-19/h2-10,13-14H,11-12H2,1H3,(H,24,28)(H,25,29). The van der Waals surface area contributed by atoms with Crippen LogP contribution >= 0.6 is 0 Å². The van der Waals surface area contributed by atoms with Gasteiger partial charge in [-0.1, -0.05) is 11.2 Å². The maximum absolute atomic E-state index is 12.3. The van der Waals surface area contributed by atoms with E-state index in [4.69, 9.17) is 13.7 Å². The van der Waals surface area contributed by atoms with Crippen molar-refractivity contribution in [2.45, 2.75) is 12.8 Å². The van der Waals surface area contributed by atoms with Gasteiger partial charge < -0.3 is 24.3 Å². The van der Waals surface area contributed by atoms with Crippen molar-refractivity contribution >= 4 is 23.2 Å². The lowest BCUT2D eigenvalue weighted by molar-refractivity contribution is -0.116. The van der Waals surface area contributed by atoms with Crippen molar-refractivity contribution in [3.8, 4) is 17.1 Å². The number of rotatable bonds is 8. The predicted octanol–water partition coefficient (Wildman–Crippen LogP) is 4.16. The minimum atomic E-state index is -0.373. The Morgan fingerprint density at radius 3 is 2.50 bits per heavy atom. The van der Waals surface area contributed by atoms with Crippen LogP contribution in [0.25, 0.3) is 11.4 Å². The number of carbonyl (C=O) groups is 2. The summed E-state index contributed by atoms with van der Waals surface area (Å²) in [6.45, 7) is 0. The smallest absolute Gasteiger partial charge is 0.291 e. The number of aryl methyl sites for hydroxylation is 1. The topological polar surface area (TPSA) is 119 Å². The number of ether oxygens (including phenoxy) is 1. The van der Waals surface area contributed by atoms with Crippen molar-refractivity contribution in [3.63, 3.8) is 0 Å². The quantitative estimate of drug-likeness (QED) is 0.429. The fourth-order valence-corrected chi connectivity index (χ4v) is 2.93. The molecule has 0 fully saturated rings. The van der Waals surface area contributed by atoms with E-state index < -0.39 is 0 Å². The van der Waals surface area contributed by atoms with Gasteiger partial charge >= 0.3 is 0 Å². The van der Waals surface area contributed by atoms with Crippen LogP contribution < -0.4 is 15.4 Å². The number of benzene rings is 2. The molecule has 0 atom stereocenters. The van der Waals surface area contributed by atoms with E-state index in [9.17, 15) is 9.59 Å². The number of amides is 2. The fourth-order valence-electron chi connectivity index (χ4n) is 2.93. The van der Waals surface area contributed by atoms with Gasteiger partial charge in [-0.25, -0.2) is 0 Å². The lowest BCUT2D eigenvalue weighted by Crippen LogP contribution is -2.14. The number of nitrogens with one attached hydrogen (secondary N) is 2. The van der Waals surface area contributed by atoms with E-state index in [1.54, 1.807) is 43.5 Å². The predicted molar refractivity (Wildman–Crippen MR) is 116 cm³/mol. The molecule has 4 aromatic rings. The number of hydrogen-bond acceptors (Lipinski definition) is 7. The Morgan fingerprint density at radius 2 is 1.78 bits per heavy atom. The van der Waals surface area contributed by atoms with Crippen molar-refractivity contribution in [1.29, 1.82) is 0 Å². The lowest BCUT2D eigenvalue weighted by atomic mass is 10.2. The Hall–Kier alpha value is -4.40. The summed E-state index contributed by atoms with van der Waals surface area (Å²) in [6, 6.07) is 17.3. The summed E-state index contributed by atoms with van der Waals surface area (Å²) in [5.41, 5.74) is 1.88. The van der Waals surface area contributed by atoms with Crippen LogP contribution in [0.5, 0.6) is 5.75 Å². The Morgan fingerprint density at radius 1 is 1.00 bits per heavy atom. The first-order valence-electron chi connectivity index (χ1n) is 9.82. The molecule has 2 aromatic carbocycles. The SMILES string of the molecule is COc1ccc(-c2noc(CCC(=O)Nc3cccc(NC(=O)c4ccco4)c3)n2)cc1. The van der Waals surface area contributed by atoms with E-state index in [0.29, 0.717) is 29.5 Å². The van der Waals surface area contributed by atoms with Crippen molar-refractivity contribution in [1.82, 2.24) is 10.1 Å². The third kappa shape index (κ3) is 5.20. The number of carbonyl (C=O) groups excluding carboxylic acids is 2. The molecule has 32 heavy (non-hydrogen) atoms. The maximum Gasteiger partial charge on any atom is 0.291 e. The second-order valence-corrected chi connectivity index (χ2v) is 6.80. The molecule has 0 aliphatic carbocycles. The molecule has 0 saturated carbocycles. The molecular weight excluding hydrogens is 412 g/mol. The Bertz CT molecular complexity index is 1200. The normalized spacial score (nSPS) is 10.5. The van der Waals surface area contributed by atoms with Crippen molar-refractivity contribution in [3.05, 3.63) is 78.6 Å². The molecule has 2 amide bonds. The van der Waals surface area contributed by atoms with E-state index in [1.807, 2.05) is 24.3 Å². The summed E-state index contributed by atoms with van der Waals surface area (Å²) in [5.74, 6) is 1.16. The molecule has 0 saturated heterocycles. The van der Waals surface area contributed by atoms with Crippen molar-refractivity contribution < 1.29 is 23.3 Å².